The van der Waals surface area contributed by atoms with Crippen LogP contribution in [0.15, 0.2) is 52.8 Å². The number of furan rings is 1. The standard InChI is InChI=1S/C14H12N2O3/c17-10-11(8-12-4-1-2-6-15-12)14(18)16-9-13-5-3-7-19-13/h1-8,10H,9H2,(H,16,18)/b11-8+. The van der Waals surface area contributed by atoms with Gasteiger partial charge in [-0.05, 0) is 30.3 Å². The third-order valence-corrected chi connectivity index (χ3v) is 2.38. The summed E-state index contributed by atoms with van der Waals surface area (Å²) < 4.78 is 5.08. The largest absolute Gasteiger partial charge is 0.467 e. The van der Waals surface area contributed by atoms with E-state index in [2.05, 4.69) is 10.3 Å². The van der Waals surface area contributed by atoms with E-state index in [-0.39, 0.29) is 12.1 Å². The molecule has 5 heteroatoms. The van der Waals surface area contributed by atoms with Crippen LogP contribution in [-0.2, 0) is 16.1 Å². The Morgan fingerprint density at radius 1 is 1.32 bits per heavy atom. The second-order valence-corrected chi connectivity index (χ2v) is 3.73. The molecule has 1 amide bonds. The van der Waals surface area contributed by atoms with Crippen LogP contribution < -0.4 is 5.32 Å². The molecule has 0 radical (unpaired) electrons. The maximum absolute atomic E-state index is 11.8. The second-order valence-electron chi connectivity index (χ2n) is 3.73. The van der Waals surface area contributed by atoms with E-state index in [1.54, 1.807) is 36.5 Å². The SMILES string of the molecule is O=C/C(=C\c1ccccn1)C(=O)NCc1ccco1. The van der Waals surface area contributed by atoms with Crippen molar-refractivity contribution in [2.24, 2.45) is 0 Å². The van der Waals surface area contributed by atoms with E-state index in [0.29, 0.717) is 17.7 Å². The molecule has 2 aromatic rings. The molecule has 0 aliphatic heterocycles. The normalized spacial score (nSPS) is 11.1. The number of aromatic nitrogens is 1. The van der Waals surface area contributed by atoms with Gasteiger partial charge in [-0.3, -0.25) is 14.6 Å². The molecule has 0 spiro atoms. The molecule has 96 valence electrons. The summed E-state index contributed by atoms with van der Waals surface area (Å²) in [6.45, 7) is 0.235. The zero-order valence-corrected chi connectivity index (χ0v) is 10.1. The number of hydrogen-bond acceptors (Lipinski definition) is 4. The third-order valence-electron chi connectivity index (χ3n) is 2.38. The molecule has 0 fully saturated rings. The van der Waals surface area contributed by atoms with Crippen LogP contribution in [0.3, 0.4) is 0 Å². The zero-order chi connectivity index (χ0) is 13.5. The molecule has 2 aromatic heterocycles. The Balaban J connectivity index is 2.03. The Labute approximate surface area is 110 Å². The highest BCUT2D eigenvalue weighted by molar-refractivity contribution is 6.14. The Morgan fingerprint density at radius 3 is 2.84 bits per heavy atom. The van der Waals surface area contributed by atoms with Crippen molar-refractivity contribution in [3.05, 3.63) is 59.8 Å². The quantitative estimate of drug-likeness (QED) is 0.381. The Bertz CT molecular complexity index is 574. The topological polar surface area (TPSA) is 72.2 Å². The lowest BCUT2D eigenvalue weighted by molar-refractivity contribution is -0.119. The van der Waals surface area contributed by atoms with Gasteiger partial charge in [0.1, 0.15) is 5.76 Å². The first-order chi connectivity index (χ1) is 9.29. The van der Waals surface area contributed by atoms with Crippen LogP contribution in [0.1, 0.15) is 11.5 Å². The molecule has 19 heavy (non-hydrogen) atoms. The summed E-state index contributed by atoms with van der Waals surface area (Å²) in [4.78, 5) is 26.8. The van der Waals surface area contributed by atoms with Crippen LogP contribution in [0.25, 0.3) is 6.08 Å². The maximum Gasteiger partial charge on any atom is 0.255 e. The van der Waals surface area contributed by atoms with Gasteiger partial charge in [0.15, 0.2) is 6.29 Å². The van der Waals surface area contributed by atoms with Gasteiger partial charge >= 0.3 is 0 Å². The van der Waals surface area contributed by atoms with Crippen molar-refractivity contribution >= 4 is 18.3 Å². The summed E-state index contributed by atoms with van der Waals surface area (Å²) >= 11 is 0. The molecule has 2 heterocycles. The molecular weight excluding hydrogens is 244 g/mol. The average Bonchev–Trinajstić information content (AvgIpc) is 2.96. The van der Waals surface area contributed by atoms with E-state index >= 15 is 0 Å². The lowest BCUT2D eigenvalue weighted by Crippen LogP contribution is -2.24. The van der Waals surface area contributed by atoms with Gasteiger partial charge in [0.25, 0.3) is 5.91 Å². The van der Waals surface area contributed by atoms with Crippen molar-refractivity contribution in [3.63, 3.8) is 0 Å². The average molecular weight is 256 g/mol. The van der Waals surface area contributed by atoms with Crippen molar-refractivity contribution < 1.29 is 14.0 Å². The highest BCUT2D eigenvalue weighted by Crippen LogP contribution is 2.03. The molecule has 0 aliphatic carbocycles. The first kappa shape index (κ1) is 12.8. The van der Waals surface area contributed by atoms with Gasteiger partial charge in [-0.1, -0.05) is 6.07 Å². The van der Waals surface area contributed by atoms with Gasteiger partial charge in [-0.15, -0.1) is 0 Å². The minimum Gasteiger partial charge on any atom is -0.467 e. The molecule has 0 atom stereocenters. The van der Waals surface area contributed by atoms with E-state index in [1.165, 1.54) is 12.3 Å². The number of nitrogens with zero attached hydrogens (tertiary/aromatic N) is 1. The maximum atomic E-state index is 11.8. The van der Waals surface area contributed by atoms with Crippen LogP contribution in [-0.4, -0.2) is 17.2 Å². The molecule has 0 unspecified atom stereocenters. The smallest absolute Gasteiger partial charge is 0.255 e. The number of carbonyl (C=O) groups is 2. The van der Waals surface area contributed by atoms with Crippen LogP contribution in [0, 0.1) is 0 Å². The van der Waals surface area contributed by atoms with Crippen LogP contribution in [0.4, 0.5) is 0 Å². The lowest BCUT2D eigenvalue weighted by Gasteiger charge is -2.02. The van der Waals surface area contributed by atoms with Gasteiger partial charge in [0.05, 0.1) is 24.1 Å². The molecule has 5 nitrogen and oxygen atoms in total. The Morgan fingerprint density at radius 2 is 2.21 bits per heavy atom. The summed E-state index contributed by atoms with van der Waals surface area (Å²) in [7, 11) is 0. The predicted molar refractivity (Wildman–Crippen MR) is 68.8 cm³/mol. The van der Waals surface area contributed by atoms with Crippen molar-refractivity contribution in [3.8, 4) is 0 Å². The van der Waals surface area contributed by atoms with E-state index in [4.69, 9.17) is 4.42 Å². The number of nitrogens with one attached hydrogen (secondary N) is 1. The fourth-order valence-electron chi connectivity index (χ4n) is 1.46. The summed E-state index contributed by atoms with van der Waals surface area (Å²) in [6.07, 6.45) is 5.05. The fourth-order valence-corrected chi connectivity index (χ4v) is 1.46. The molecule has 2 rings (SSSR count). The minimum atomic E-state index is -0.461. The molecule has 1 N–H and O–H groups in total. The second kappa shape index (κ2) is 6.30. The van der Waals surface area contributed by atoms with Gasteiger partial charge in [-0.2, -0.15) is 0 Å². The minimum absolute atomic E-state index is 0.0188. The van der Waals surface area contributed by atoms with Crippen molar-refractivity contribution in [2.45, 2.75) is 6.54 Å². The Kier molecular flexibility index (Phi) is 4.23. The number of hydrogen-bond donors (Lipinski definition) is 1. The molecule has 0 aromatic carbocycles. The van der Waals surface area contributed by atoms with Crippen LogP contribution in [0.5, 0.6) is 0 Å². The van der Waals surface area contributed by atoms with E-state index in [9.17, 15) is 9.59 Å². The number of carbonyl (C=O) groups excluding carboxylic acids is 2. The van der Waals surface area contributed by atoms with Gasteiger partial charge < -0.3 is 9.73 Å². The molecule has 0 bridgehead atoms. The third kappa shape index (κ3) is 3.64. The van der Waals surface area contributed by atoms with Crippen LogP contribution >= 0.6 is 0 Å². The molecular formula is C14H12N2O3. The number of aldehydes is 1. The highest BCUT2D eigenvalue weighted by Gasteiger charge is 2.09. The number of amides is 1. The zero-order valence-electron chi connectivity index (χ0n) is 10.1. The van der Waals surface area contributed by atoms with E-state index in [0.717, 1.165) is 0 Å². The van der Waals surface area contributed by atoms with Gasteiger partial charge in [0, 0.05) is 6.20 Å². The summed E-state index contributed by atoms with van der Waals surface area (Å²) in [6, 6.07) is 8.72. The van der Waals surface area contributed by atoms with Gasteiger partial charge in [0.2, 0.25) is 0 Å². The van der Waals surface area contributed by atoms with E-state index < -0.39 is 5.91 Å². The lowest BCUT2D eigenvalue weighted by atomic mass is 10.2. The summed E-state index contributed by atoms with van der Waals surface area (Å²) in [5, 5.41) is 2.60. The van der Waals surface area contributed by atoms with Crippen molar-refractivity contribution in [2.75, 3.05) is 0 Å². The summed E-state index contributed by atoms with van der Waals surface area (Å²) in [5.74, 6) is 0.161. The first-order valence-electron chi connectivity index (χ1n) is 5.68. The number of rotatable bonds is 5. The molecule has 0 saturated heterocycles. The molecule has 0 saturated carbocycles. The highest BCUT2D eigenvalue weighted by atomic mass is 16.3. The Hall–Kier alpha value is -2.69. The van der Waals surface area contributed by atoms with Crippen molar-refractivity contribution in [1.29, 1.82) is 0 Å². The summed E-state index contributed by atoms with van der Waals surface area (Å²) in [5.41, 5.74) is 0.572. The fraction of sp³-hybridized carbons (Fsp3) is 0.0714. The van der Waals surface area contributed by atoms with Crippen LogP contribution in [0.2, 0.25) is 0 Å². The number of pyridine rings is 1. The predicted octanol–water partition coefficient (Wildman–Crippen LogP) is 1.57. The monoisotopic (exact) mass is 256 g/mol. The van der Waals surface area contributed by atoms with Crippen molar-refractivity contribution in [1.82, 2.24) is 10.3 Å². The van der Waals surface area contributed by atoms with Gasteiger partial charge in [-0.25, -0.2) is 0 Å². The van der Waals surface area contributed by atoms with E-state index in [1.807, 2.05) is 0 Å². The first-order valence-corrected chi connectivity index (χ1v) is 5.68. The molecule has 0 aliphatic rings.